The smallest absolute Gasteiger partial charge is 0.141 e. The molecule has 0 heterocycles. The van der Waals surface area contributed by atoms with Gasteiger partial charge in [-0.2, -0.15) is 0 Å². The summed E-state index contributed by atoms with van der Waals surface area (Å²) in [6, 6.07) is 12.0. The van der Waals surface area contributed by atoms with Crippen LogP contribution in [-0.4, -0.2) is 0 Å². The Hall–Kier alpha value is -0.990. The number of ether oxygens (including phenoxy) is 1. The molecule has 0 fully saturated rings. The van der Waals surface area contributed by atoms with E-state index in [-0.39, 0.29) is 0 Å². The van der Waals surface area contributed by atoms with Crippen LogP contribution in [0.1, 0.15) is 16.7 Å². The average Bonchev–Trinajstić information content (AvgIpc) is 2.34. The van der Waals surface area contributed by atoms with Crippen molar-refractivity contribution < 1.29 is 4.74 Å². The Kier molecular flexibility index (Phi) is 4.31. The quantitative estimate of drug-likeness (QED) is 0.668. The van der Waals surface area contributed by atoms with Crippen molar-refractivity contribution in [3.8, 4) is 11.5 Å². The molecule has 0 unspecified atom stereocenters. The van der Waals surface area contributed by atoms with Gasteiger partial charge in [-0.1, -0.05) is 23.8 Å². The van der Waals surface area contributed by atoms with E-state index in [1.54, 1.807) is 0 Å². The molecule has 0 amide bonds. The van der Waals surface area contributed by atoms with Gasteiger partial charge in [0.2, 0.25) is 0 Å². The molecule has 0 spiro atoms. The summed E-state index contributed by atoms with van der Waals surface area (Å²) in [4.78, 5) is 0. The van der Waals surface area contributed by atoms with Crippen LogP contribution >= 0.6 is 27.5 Å². The van der Waals surface area contributed by atoms with Gasteiger partial charge in [0, 0.05) is 5.88 Å². The highest BCUT2D eigenvalue weighted by atomic mass is 79.9. The van der Waals surface area contributed by atoms with Gasteiger partial charge in [0.15, 0.2) is 0 Å². The lowest BCUT2D eigenvalue weighted by Crippen LogP contribution is -1.90. The lowest BCUT2D eigenvalue weighted by atomic mass is 10.1. The fourth-order valence-electron chi connectivity index (χ4n) is 1.74. The third-order valence-electron chi connectivity index (χ3n) is 2.70. The Morgan fingerprint density at radius 3 is 2.39 bits per heavy atom. The summed E-state index contributed by atoms with van der Waals surface area (Å²) < 4.78 is 6.82. The van der Waals surface area contributed by atoms with Crippen molar-refractivity contribution in [2.24, 2.45) is 0 Å². The van der Waals surface area contributed by atoms with E-state index in [2.05, 4.69) is 28.9 Å². The molecule has 0 bridgehead atoms. The summed E-state index contributed by atoms with van der Waals surface area (Å²) in [5.74, 6) is 2.18. The van der Waals surface area contributed by atoms with E-state index in [1.165, 1.54) is 5.56 Å². The third-order valence-corrected chi connectivity index (χ3v) is 3.63. The molecule has 18 heavy (non-hydrogen) atoms. The monoisotopic (exact) mass is 324 g/mol. The second-order valence-corrected chi connectivity index (χ2v) is 5.39. The molecule has 0 N–H and O–H groups in total. The van der Waals surface area contributed by atoms with E-state index >= 15 is 0 Å². The Morgan fingerprint density at radius 1 is 1.06 bits per heavy atom. The topological polar surface area (TPSA) is 9.23 Å². The highest BCUT2D eigenvalue weighted by molar-refractivity contribution is 9.10. The fraction of sp³-hybridized carbons (Fsp3) is 0.200. The molecule has 2 aromatic rings. The number of benzene rings is 2. The molecular formula is C15H14BrClO. The second-order valence-electron chi connectivity index (χ2n) is 4.27. The summed E-state index contributed by atoms with van der Waals surface area (Å²) in [5.41, 5.74) is 3.43. The lowest BCUT2D eigenvalue weighted by molar-refractivity contribution is 0.475. The van der Waals surface area contributed by atoms with Gasteiger partial charge in [-0.05, 0) is 59.1 Å². The van der Waals surface area contributed by atoms with Crippen molar-refractivity contribution >= 4 is 27.5 Å². The van der Waals surface area contributed by atoms with Gasteiger partial charge in [0.05, 0.1) is 4.47 Å². The number of halogens is 2. The maximum Gasteiger partial charge on any atom is 0.141 e. The predicted octanol–water partition coefficient (Wildman–Crippen LogP) is 5.60. The van der Waals surface area contributed by atoms with Gasteiger partial charge in [-0.15, -0.1) is 11.6 Å². The maximum atomic E-state index is 5.90. The summed E-state index contributed by atoms with van der Waals surface area (Å²) in [6.45, 7) is 4.12. The Bertz CT molecular complexity index is 566. The van der Waals surface area contributed by atoms with E-state index in [0.29, 0.717) is 5.88 Å². The average molecular weight is 326 g/mol. The van der Waals surface area contributed by atoms with E-state index in [1.807, 2.05) is 37.3 Å². The lowest BCUT2D eigenvalue weighted by Gasteiger charge is -2.11. The molecule has 0 aliphatic rings. The summed E-state index contributed by atoms with van der Waals surface area (Å²) in [7, 11) is 0. The predicted molar refractivity (Wildman–Crippen MR) is 79.7 cm³/mol. The molecule has 94 valence electrons. The molecular weight excluding hydrogens is 312 g/mol. The van der Waals surface area contributed by atoms with Gasteiger partial charge in [-0.25, -0.2) is 0 Å². The zero-order valence-corrected chi connectivity index (χ0v) is 12.7. The number of hydrogen-bond acceptors (Lipinski definition) is 1. The molecule has 0 aromatic heterocycles. The van der Waals surface area contributed by atoms with Crippen molar-refractivity contribution in [2.45, 2.75) is 19.7 Å². The zero-order chi connectivity index (χ0) is 13.1. The number of rotatable bonds is 3. The van der Waals surface area contributed by atoms with Crippen LogP contribution < -0.4 is 4.74 Å². The van der Waals surface area contributed by atoms with Crippen LogP contribution in [0.4, 0.5) is 0 Å². The number of alkyl halides is 1. The molecule has 3 heteroatoms. The first kappa shape index (κ1) is 13.4. The molecule has 0 radical (unpaired) electrons. The highest BCUT2D eigenvalue weighted by Gasteiger charge is 2.06. The summed E-state index contributed by atoms with van der Waals surface area (Å²) in [5, 5.41) is 0. The molecule has 2 rings (SSSR count). The second kappa shape index (κ2) is 5.77. The number of aryl methyl sites for hydroxylation is 2. The normalized spacial score (nSPS) is 10.4. The van der Waals surface area contributed by atoms with Gasteiger partial charge in [-0.3, -0.25) is 0 Å². The molecule has 0 saturated carbocycles. The van der Waals surface area contributed by atoms with Gasteiger partial charge in [0.25, 0.3) is 0 Å². The van der Waals surface area contributed by atoms with E-state index in [0.717, 1.165) is 27.1 Å². The van der Waals surface area contributed by atoms with Gasteiger partial charge >= 0.3 is 0 Å². The van der Waals surface area contributed by atoms with Crippen LogP contribution in [0.15, 0.2) is 40.9 Å². The van der Waals surface area contributed by atoms with Gasteiger partial charge < -0.3 is 4.74 Å². The van der Waals surface area contributed by atoms with Crippen molar-refractivity contribution in [1.82, 2.24) is 0 Å². The molecule has 1 nitrogen and oxygen atoms in total. The largest absolute Gasteiger partial charge is 0.456 e. The highest BCUT2D eigenvalue weighted by Crippen LogP contribution is 2.32. The fourth-order valence-corrected chi connectivity index (χ4v) is 2.42. The molecule has 0 aliphatic carbocycles. The van der Waals surface area contributed by atoms with Crippen LogP contribution in [0.2, 0.25) is 0 Å². The van der Waals surface area contributed by atoms with Crippen LogP contribution in [0, 0.1) is 13.8 Å². The third kappa shape index (κ3) is 3.06. The van der Waals surface area contributed by atoms with Crippen LogP contribution in [0.25, 0.3) is 0 Å². The minimum atomic E-state index is 0.502. The van der Waals surface area contributed by atoms with Crippen molar-refractivity contribution in [3.63, 3.8) is 0 Å². The van der Waals surface area contributed by atoms with Crippen molar-refractivity contribution in [2.75, 3.05) is 0 Å². The molecule has 0 saturated heterocycles. The summed E-state index contributed by atoms with van der Waals surface area (Å²) in [6.07, 6.45) is 0. The first-order valence-corrected chi connectivity index (χ1v) is 7.02. The maximum absolute atomic E-state index is 5.90. The van der Waals surface area contributed by atoms with Crippen LogP contribution in [-0.2, 0) is 5.88 Å². The first-order valence-electron chi connectivity index (χ1n) is 5.69. The van der Waals surface area contributed by atoms with E-state index in [4.69, 9.17) is 16.3 Å². The SMILES string of the molecule is Cc1ccc(Oc2ccc(CCl)cc2Br)c(C)c1. The molecule has 2 aromatic carbocycles. The standard InChI is InChI=1S/C15H14BrClO/c1-10-3-5-14(11(2)7-10)18-15-6-4-12(9-17)8-13(15)16/h3-8H,9H2,1-2H3. The van der Waals surface area contributed by atoms with Gasteiger partial charge in [0.1, 0.15) is 11.5 Å². The van der Waals surface area contributed by atoms with E-state index in [9.17, 15) is 0 Å². The summed E-state index contributed by atoms with van der Waals surface area (Å²) >= 11 is 9.29. The van der Waals surface area contributed by atoms with Crippen molar-refractivity contribution in [1.29, 1.82) is 0 Å². The van der Waals surface area contributed by atoms with Crippen LogP contribution in [0.5, 0.6) is 11.5 Å². The van der Waals surface area contributed by atoms with Crippen LogP contribution in [0.3, 0.4) is 0 Å². The number of hydrogen-bond donors (Lipinski definition) is 0. The molecule has 0 aliphatic heterocycles. The minimum Gasteiger partial charge on any atom is -0.456 e. The van der Waals surface area contributed by atoms with Crippen molar-refractivity contribution in [3.05, 3.63) is 57.6 Å². The molecule has 0 atom stereocenters. The van der Waals surface area contributed by atoms with E-state index < -0.39 is 0 Å². The Morgan fingerprint density at radius 2 is 1.78 bits per heavy atom. The Labute approximate surface area is 121 Å². The zero-order valence-electron chi connectivity index (χ0n) is 10.3. The minimum absolute atomic E-state index is 0.502. The first-order chi connectivity index (χ1) is 8.60. The Balaban J connectivity index is 2.28.